The Morgan fingerprint density at radius 1 is 1.26 bits per heavy atom. The van der Waals surface area contributed by atoms with E-state index in [1.807, 2.05) is 0 Å². The fourth-order valence-electron chi connectivity index (χ4n) is 1.96. The van der Waals surface area contributed by atoms with Gasteiger partial charge in [0, 0.05) is 19.5 Å². The fraction of sp³-hybridized carbons (Fsp3) is 0.818. The lowest BCUT2D eigenvalue weighted by molar-refractivity contribution is -0.134. The zero-order chi connectivity index (χ0) is 13.7. The second-order valence-corrected chi connectivity index (χ2v) is 4.60. The van der Waals surface area contributed by atoms with Crippen molar-refractivity contribution >= 4 is 0 Å². The number of hydrogen-bond acceptors (Lipinski definition) is 5. The van der Waals surface area contributed by atoms with Gasteiger partial charge < -0.3 is 9.84 Å². The maximum absolute atomic E-state index is 12.1. The molecule has 0 amide bonds. The second kappa shape index (κ2) is 6.33. The maximum atomic E-state index is 12.1. The van der Waals surface area contributed by atoms with Crippen molar-refractivity contribution in [3.05, 3.63) is 11.7 Å². The fourth-order valence-corrected chi connectivity index (χ4v) is 1.96. The SMILES string of the molecule is FC(F)(F)CCc1noc(CN2CCCNCC2)n1. The van der Waals surface area contributed by atoms with E-state index in [1.54, 1.807) is 0 Å². The van der Waals surface area contributed by atoms with Crippen LogP contribution in [-0.4, -0.2) is 47.4 Å². The highest BCUT2D eigenvalue weighted by Crippen LogP contribution is 2.21. The summed E-state index contributed by atoms with van der Waals surface area (Å²) in [5.74, 6) is 0.513. The third-order valence-corrected chi connectivity index (χ3v) is 2.93. The minimum absolute atomic E-state index is 0.125. The van der Waals surface area contributed by atoms with Gasteiger partial charge in [-0.3, -0.25) is 4.90 Å². The number of nitrogens with one attached hydrogen (secondary N) is 1. The van der Waals surface area contributed by atoms with Gasteiger partial charge in [-0.05, 0) is 19.5 Å². The van der Waals surface area contributed by atoms with E-state index in [1.165, 1.54) is 0 Å². The van der Waals surface area contributed by atoms with Crippen LogP contribution in [0.5, 0.6) is 0 Å². The Morgan fingerprint density at radius 2 is 2.11 bits per heavy atom. The van der Waals surface area contributed by atoms with Crippen molar-refractivity contribution < 1.29 is 17.7 Å². The summed E-state index contributed by atoms with van der Waals surface area (Å²) in [6.45, 7) is 4.18. The van der Waals surface area contributed by atoms with Crippen LogP contribution in [0, 0.1) is 0 Å². The zero-order valence-corrected chi connectivity index (χ0v) is 10.5. The molecule has 19 heavy (non-hydrogen) atoms. The van der Waals surface area contributed by atoms with Crippen LogP contribution in [0.2, 0.25) is 0 Å². The summed E-state index contributed by atoms with van der Waals surface area (Å²) in [7, 11) is 0. The van der Waals surface area contributed by atoms with Gasteiger partial charge in [0.15, 0.2) is 5.82 Å². The maximum Gasteiger partial charge on any atom is 0.389 e. The number of hydrogen-bond donors (Lipinski definition) is 1. The minimum atomic E-state index is -4.18. The summed E-state index contributed by atoms with van der Waals surface area (Å²) in [6, 6.07) is 0. The van der Waals surface area contributed by atoms with E-state index >= 15 is 0 Å². The molecule has 1 aliphatic rings. The predicted molar refractivity (Wildman–Crippen MR) is 61.4 cm³/mol. The van der Waals surface area contributed by atoms with Gasteiger partial charge in [-0.2, -0.15) is 18.2 Å². The molecule has 2 rings (SSSR count). The number of halogens is 3. The Hall–Kier alpha value is -1.15. The average Bonchev–Trinajstić information content (AvgIpc) is 2.61. The van der Waals surface area contributed by atoms with E-state index in [2.05, 4.69) is 20.4 Å². The molecular weight excluding hydrogens is 261 g/mol. The first-order valence-corrected chi connectivity index (χ1v) is 6.34. The van der Waals surface area contributed by atoms with Gasteiger partial charge in [0.2, 0.25) is 5.89 Å². The predicted octanol–water partition coefficient (Wildman–Crippen LogP) is 1.36. The van der Waals surface area contributed by atoms with Gasteiger partial charge >= 0.3 is 6.18 Å². The first-order chi connectivity index (χ1) is 9.03. The van der Waals surface area contributed by atoms with Crippen molar-refractivity contribution in [2.24, 2.45) is 0 Å². The molecule has 0 bridgehead atoms. The number of nitrogens with zero attached hydrogens (tertiary/aromatic N) is 3. The van der Waals surface area contributed by atoms with Gasteiger partial charge in [0.1, 0.15) is 0 Å². The summed E-state index contributed by atoms with van der Waals surface area (Å²) in [5, 5.41) is 6.85. The Kier molecular flexibility index (Phi) is 4.76. The molecule has 0 aliphatic carbocycles. The first-order valence-electron chi connectivity index (χ1n) is 6.34. The number of aromatic nitrogens is 2. The Bertz CT molecular complexity index is 386. The molecule has 1 saturated heterocycles. The molecule has 0 saturated carbocycles. The summed E-state index contributed by atoms with van der Waals surface area (Å²) < 4.78 is 41.2. The van der Waals surface area contributed by atoms with E-state index in [0.717, 1.165) is 32.6 Å². The first kappa shape index (κ1) is 14.3. The van der Waals surface area contributed by atoms with Crippen molar-refractivity contribution in [1.82, 2.24) is 20.4 Å². The van der Waals surface area contributed by atoms with Crippen molar-refractivity contribution in [3.8, 4) is 0 Å². The van der Waals surface area contributed by atoms with Crippen LogP contribution < -0.4 is 5.32 Å². The van der Waals surface area contributed by atoms with E-state index in [9.17, 15) is 13.2 Å². The lowest BCUT2D eigenvalue weighted by Crippen LogP contribution is -2.27. The van der Waals surface area contributed by atoms with Gasteiger partial charge in [-0.15, -0.1) is 0 Å². The van der Waals surface area contributed by atoms with Gasteiger partial charge in [0.05, 0.1) is 13.0 Å². The van der Waals surface area contributed by atoms with E-state index in [4.69, 9.17) is 4.52 Å². The third-order valence-electron chi connectivity index (χ3n) is 2.93. The molecule has 1 aromatic heterocycles. The molecule has 1 fully saturated rings. The van der Waals surface area contributed by atoms with Crippen LogP contribution in [0.4, 0.5) is 13.2 Å². The minimum Gasteiger partial charge on any atom is -0.338 e. The summed E-state index contributed by atoms with van der Waals surface area (Å²) in [6.07, 6.45) is -4.29. The van der Waals surface area contributed by atoms with Gasteiger partial charge in [-0.25, -0.2) is 0 Å². The molecule has 1 N–H and O–H groups in total. The third kappa shape index (κ3) is 5.15. The molecule has 1 aromatic rings. The molecule has 8 heteroatoms. The smallest absolute Gasteiger partial charge is 0.338 e. The lowest BCUT2D eigenvalue weighted by Gasteiger charge is -2.16. The van der Waals surface area contributed by atoms with Crippen molar-refractivity contribution in [1.29, 1.82) is 0 Å². The Balaban J connectivity index is 1.82. The second-order valence-electron chi connectivity index (χ2n) is 4.60. The van der Waals surface area contributed by atoms with E-state index in [0.29, 0.717) is 12.4 Å². The van der Waals surface area contributed by atoms with E-state index < -0.39 is 12.6 Å². The van der Waals surface area contributed by atoms with Crippen LogP contribution in [0.3, 0.4) is 0 Å². The van der Waals surface area contributed by atoms with Gasteiger partial charge in [0.25, 0.3) is 0 Å². The number of aryl methyl sites for hydroxylation is 1. The monoisotopic (exact) mass is 278 g/mol. The molecule has 1 aliphatic heterocycles. The van der Waals surface area contributed by atoms with E-state index in [-0.39, 0.29) is 12.2 Å². The molecule has 0 spiro atoms. The highest BCUT2D eigenvalue weighted by Gasteiger charge is 2.27. The van der Waals surface area contributed by atoms with Gasteiger partial charge in [-0.1, -0.05) is 5.16 Å². The average molecular weight is 278 g/mol. The quantitative estimate of drug-likeness (QED) is 0.901. The Labute approximate surface area is 109 Å². The van der Waals surface area contributed by atoms with Crippen LogP contribution in [0.15, 0.2) is 4.52 Å². The standard InChI is InChI=1S/C11H17F3N4O/c12-11(13,14)3-2-9-16-10(19-17-9)8-18-6-1-4-15-5-7-18/h15H,1-8H2. The summed E-state index contributed by atoms with van der Waals surface area (Å²) >= 11 is 0. The normalized spacial score (nSPS) is 18.5. The lowest BCUT2D eigenvalue weighted by atomic mass is 10.3. The topological polar surface area (TPSA) is 54.2 Å². The molecule has 5 nitrogen and oxygen atoms in total. The molecule has 0 aromatic carbocycles. The molecule has 108 valence electrons. The van der Waals surface area contributed by atoms with Crippen LogP contribution >= 0.6 is 0 Å². The largest absolute Gasteiger partial charge is 0.389 e. The van der Waals surface area contributed by atoms with Crippen molar-refractivity contribution in [2.45, 2.75) is 32.0 Å². The van der Waals surface area contributed by atoms with Crippen LogP contribution in [0.25, 0.3) is 0 Å². The number of rotatable bonds is 4. The zero-order valence-electron chi connectivity index (χ0n) is 10.5. The van der Waals surface area contributed by atoms with Crippen molar-refractivity contribution in [3.63, 3.8) is 0 Å². The summed E-state index contributed by atoms with van der Waals surface area (Å²) in [5.41, 5.74) is 0. The Morgan fingerprint density at radius 3 is 2.89 bits per heavy atom. The molecule has 0 radical (unpaired) electrons. The molecule has 0 unspecified atom stereocenters. The summed E-state index contributed by atoms with van der Waals surface area (Å²) in [4.78, 5) is 6.15. The van der Waals surface area contributed by atoms with Crippen molar-refractivity contribution in [2.75, 3.05) is 26.2 Å². The highest BCUT2D eigenvalue weighted by molar-refractivity contribution is 4.87. The molecule has 2 heterocycles. The molecular formula is C11H17F3N4O. The number of alkyl halides is 3. The van der Waals surface area contributed by atoms with Crippen LogP contribution in [0.1, 0.15) is 24.6 Å². The van der Waals surface area contributed by atoms with Crippen LogP contribution in [-0.2, 0) is 13.0 Å². The molecule has 0 atom stereocenters. The highest BCUT2D eigenvalue weighted by atomic mass is 19.4.